The van der Waals surface area contributed by atoms with E-state index < -0.39 is 6.36 Å². The quantitative estimate of drug-likeness (QED) is 0.587. The fraction of sp³-hybridized carbons (Fsp3) is 0.400. The second-order valence-corrected chi connectivity index (χ2v) is 8.87. The molecule has 1 aromatic rings. The summed E-state index contributed by atoms with van der Waals surface area (Å²) in [4.78, 5) is 5.62. The number of ether oxygens (including phenoxy) is 2. The fourth-order valence-electron chi connectivity index (χ4n) is 3.59. The monoisotopic (exact) mass is 444 g/mol. The van der Waals surface area contributed by atoms with Crippen LogP contribution in [-0.2, 0) is 0 Å². The number of benzene rings is 1. The van der Waals surface area contributed by atoms with Crippen molar-refractivity contribution in [2.75, 3.05) is 20.1 Å². The van der Waals surface area contributed by atoms with Gasteiger partial charge in [-0.25, -0.2) is 0 Å². The molecule has 1 unspecified atom stereocenters. The molecule has 0 N–H and O–H groups in total. The molecule has 0 radical (unpaired) electrons. The lowest BCUT2D eigenvalue weighted by Crippen LogP contribution is -2.38. The van der Waals surface area contributed by atoms with Crippen molar-refractivity contribution in [3.63, 3.8) is 0 Å². The third-order valence-electron chi connectivity index (χ3n) is 4.96. The maximum absolute atomic E-state index is 12.2. The molecule has 156 valence electrons. The van der Waals surface area contributed by atoms with E-state index in [1.54, 1.807) is 11.8 Å². The maximum Gasteiger partial charge on any atom is 0.573 e. The van der Waals surface area contributed by atoms with Gasteiger partial charge in [-0.1, -0.05) is 11.8 Å². The first-order valence-corrected chi connectivity index (χ1v) is 10.6. The lowest BCUT2D eigenvalue weighted by atomic mass is 10.1. The van der Waals surface area contributed by atoms with E-state index in [2.05, 4.69) is 26.7 Å². The molecule has 1 fully saturated rings. The lowest BCUT2D eigenvalue weighted by Gasteiger charge is -2.37. The van der Waals surface area contributed by atoms with Crippen LogP contribution in [0.25, 0.3) is 0 Å². The first-order chi connectivity index (χ1) is 13.8. The number of hydrogen-bond donors (Lipinski definition) is 0. The Morgan fingerprint density at radius 3 is 2.41 bits per heavy atom. The van der Waals surface area contributed by atoms with Gasteiger partial charge in [0.2, 0.25) is 0 Å². The van der Waals surface area contributed by atoms with E-state index in [4.69, 9.17) is 16.3 Å². The largest absolute Gasteiger partial charge is 0.573 e. The van der Waals surface area contributed by atoms with Gasteiger partial charge in [0.15, 0.2) is 0 Å². The summed E-state index contributed by atoms with van der Waals surface area (Å²) in [6, 6.07) is 5.54. The van der Waals surface area contributed by atoms with Crippen LogP contribution in [0.15, 0.2) is 58.9 Å². The molecule has 0 saturated carbocycles. The number of thioether (sulfide) groups is 1. The standard InChI is InChI=1S/C20H20ClF3N2O2S/c1-25-9-8-16(19-17(25)12-18(21)29-19)26-10-6-14(7-11-26)27-13-2-4-15(5-3-13)28-20(22,23)24/h2-5,8-9,12,14,18H,6-7,10-11H2,1H3. The van der Waals surface area contributed by atoms with E-state index >= 15 is 0 Å². The number of nitrogens with zero attached hydrogens (tertiary/aromatic N) is 2. The van der Waals surface area contributed by atoms with Crippen molar-refractivity contribution in [3.05, 3.63) is 58.9 Å². The van der Waals surface area contributed by atoms with E-state index in [0.29, 0.717) is 5.75 Å². The van der Waals surface area contributed by atoms with Gasteiger partial charge in [0.05, 0.1) is 16.3 Å². The van der Waals surface area contributed by atoms with Crippen LogP contribution >= 0.6 is 23.4 Å². The van der Waals surface area contributed by atoms with Crippen LogP contribution in [-0.4, -0.2) is 47.1 Å². The normalized spacial score (nSPS) is 22.7. The Balaban J connectivity index is 1.34. The first-order valence-electron chi connectivity index (χ1n) is 9.24. The highest BCUT2D eigenvalue weighted by Crippen LogP contribution is 2.45. The van der Waals surface area contributed by atoms with Gasteiger partial charge >= 0.3 is 6.36 Å². The van der Waals surface area contributed by atoms with Crippen LogP contribution in [0, 0.1) is 0 Å². The Bertz CT molecular complexity index is 846. The van der Waals surface area contributed by atoms with Crippen LogP contribution in [0.3, 0.4) is 0 Å². The van der Waals surface area contributed by atoms with Crippen LogP contribution in [0.1, 0.15) is 12.8 Å². The minimum Gasteiger partial charge on any atom is -0.490 e. The van der Waals surface area contributed by atoms with E-state index in [0.717, 1.165) is 31.6 Å². The Morgan fingerprint density at radius 2 is 1.76 bits per heavy atom. The zero-order valence-corrected chi connectivity index (χ0v) is 17.2. The maximum atomic E-state index is 12.2. The third-order valence-corrected chi connectivity index (χ3v) is 6.37. The summed E-state index contributed by atoms with van der Waals surface area (Å²) in [7, 11) is 2.01. The fourth-order valence-corrected chi connectivity index (χ4v) is 5.05. The van der Waals surface area contributed by atoms with Crippen molar-refractivity contribution < 1.29 is 22.6 Å². The Hall–Kier alpha value is -1.93. The average Bonchev–Trinajstić information content (AvgIpc) is 3.06. The minimum absolute atomic E-state index is 0.0218. The summed E-state index contributed by atoms with van der Waals surface area (Å²) in [6.07, 6.45) is 3.22. The van der Waals surface area contributed by atoms with Gasteiger partial charge in [0.25, 0.3) is 0 Å². The number of piperidine rings is 1. The predicted molar refractivity (Wildman–Crippen MR) is 108 cm³/mol. The number of halogens is 4. The highest BCUT2D eigenvalue weighted by Gasteiger charge is 2.32. The Morgan fingerprint density at radius 1 is 1.10 bits per heavy atom. The molecule has 1 saturated heterocycles. The average molecular weight is 445 g/mol. The van der Waals surface area contributed by atoms with Crippen LogP contribution in [0.5, 0.6) is 11.5 Å². The summed E-state index contributed by atoms with van der Waals surface area (Å²) in [5, 5.41) is 0. The Kier molecular flexibility index (Phi) is 5.66. The van der Waals surface area contributed by atoms with Crippen LogP contribution in [0.4, 0.5) is 13.2 Å². The van der Waals surface area contributed by atoms with Gasteiger partial charge in [-0.05, 0) is 36.4 Å². The van der Waals surface area contributed by atoms with Crippen molar-refractivity contribution >= 4 is 23.4 Å². The molecule has 0 bridgehead atoms. The second kappa shape index (κ2) is 8.07. The number of fused-ring (bicyclic) bond motifs is 1. The van der Waals surface area contributed by atoms with E-state index in [1.807, 2.05) is 13.2 Å². The van der Waals surface area contributed by atoms with Crippen molar-refractivity contribution in [2.24, 2.45) is 0 Å². The van der Waals surface area contributed by atoms with Crippen molar-refractivity contribution in [3.8, 4) is 11.5 Å². The third kappa shape index (κ3) is 4.80. The van der Waals surface area contributed by atoms with Crippen molar-refractivity contribution in [2.45, 2.75) is 30.0 Å². The molecule has 3 heterocycles. The van der Waals surface area contributed by atoms with Crippen molar-refractivity contribution in [1.29, 1.82) is 0 Å². The molecule has 0 amide bonds. The molecule has 4 rings (SSSR count). The highest BCUT2D eigenvalue weighted by molar-refractivity contribution is 8.05. The van der Waals surface area contributed by atoms with E-state index in [1.165, 1.54) is 34.9 Å². The molecule has 0 spiro atoms. The summed E-state index contributed by atoms with van der Waals surface area (Å²) >= 11 is 7.96. The Labute approximate surface area is 176 Å². The molecule has 3 aliphatic heterocycles. The van der Waals surface area contributed by atoms with E-state index in [-0.39, 0.29) is 16.6 Å². The van der Waals surface area contributed by atoms with Gasteiger partial charge < -0.3 is 19.3 Å². The van der Waals surface area contributed by atoms with Crippen molar-refractivity contribution in [1.82, 2.24) is 9.80 Å². The molecule has 3 aliphatic rings. The highest BCUT2D eigenvalue weighted by atomic mass is 35.5. The summed E-state index contributed by atoms with van der Waals surface area (Å²) in [5.74, 6) is 0.290. The second-order valence-electron chi connectivity index (χ2n) is 6.99. The molecular weight excluding hydrogens is 425 g/mol. The molecule has 0 aliphatic carbocycles. The number of likely N-dealkylation sites (tertiary alicyclic amines) is 1. The van der Waals surface area contributed by atoms with E-state index in [9.17, 15) is 13.2 Å². The van der Waals surface area contributed by atoms with Gasteiger partial charge in [0.1, 0.15) is 22.3 Å². The van der Waals surface area contributed by atoms with Gasteiger partial charge in [-0.3, -0.25) is 0 Å². The zero-order chi connectivity index (χ0) is 20.6. The molecule has 29 heavy (non-hydrogen) atoms. The molecule has 1 aromatic carbocycles. The summed E-state index contributed by atoms with van der Waals surface area (Å²) in [5.41, 5.74) is 2.33. The number of rotatable bonds is 4. The van der Waals surface area contributed by atoms with Gasteiger partial charge in [-0.15, -0.1) is 24.8 Å². The number of alkyl halides is 4. The topological polar surface area (TPSA) is 24.9 Å². The number of likely N-dealkylation sites (N-methyl/N-ethyl adjacent to an activating group) is 1. The lowest BCUT2D eigenvalue weighted by molar-refractivity contribution is -0.274. The van der Waals surface area contributed by atoms with Crippen LogP contribution in [0.2, 0.25) is 0 Å². The first kappa shape index (κ1) is 20.3. The van der Waals surface area contributed by atoms with Crippen LogP contribution < -0.4 is 9.47 Å². The van der Waals surface area contributed by atoms with Gasteiger partial charge in [0, 0.05) is 39.2 Å². The smallest absolute Gasteiger partial charge is 0.490 e. The zero-order valence-electron chi connectivity index (χ0n) is 15.7. The predicted octanol–water partition coefficient (Wildman–Crippen LogP) is 5.29. The number of hydrogen-bond acceptors (Lipinski definition) is 5. The number of allylic oxidation sites excluding steroid dienone is 1. The molecular formula is C20H20ClF3N2O2S. The molecule has 1 atom stereocenters. The SMILES string of the molecule is CN1C=CC(N2CCC(Oc3ccc(OC(F)(F)F)cc3)CC2)=C2SC(Cl)C=C21. The summed E-state index contributed by atoms with van der Waals surface area (Å²) < 4.78 is 46.5. The summed E-state index contributed by atoms with van der Waals surface area (Å²) in [6.45, 7) is 1.68. The molecule has 4 nitrogen and oxygen atoms in total. The molecule has 9 heteroatoms. The van der Waals surface area contributed by atoms with Gasteiger partial charge in [-0.2, -0.15) is 0 Å². The molecule has 0 aromatic heterocycles. The minimum atomic E-state index is -4.69.